The molecule has 3 heterocycles. The molecule has 9 nitrogen and oxygen atoms in total. The van der Waals surface area contributed by atoms with Crippen molar-refractivity contribution in [3.63, 3.8) is 0 Å². The number of nitrogen functional groups attached to an aromatic ring is 2. The van der Waals surface area contributed by atoms with Crippen molar-refractivity contribution in [3.8, 4) is 22.9 Å². The van der Waals surface area contributed by atoms with Gasteiger partial charge in [0, 0.05) is 30.0 Å². The molecule has 0 aliphatic carbocycles. The molecule has 0 spiro atoms. The minimum absolute atomic E-state index is 0.101. The lowest BCUT2D eigenvalue weighted by Gasteiger charge is -2.34. The molecule has 0 atom stereocenters. The molecule has 1 saturated heterocycles. The summed E-state index contributed by atoms with van der Waals surface area (Å²) >= 11 is 0. The lowest BCUT2D eigenvalue weighted by Crippen LogP contribution is -2.41. The molecule has 0 bridgehead atoms. The Morgan fingerprint density at radius 2 is 1.79 bits per heavy atom. The summed E-state index contributed by atoms with van der Waals surface area (Å²) in [5.41, 5.74) is 16.0. The van der Waals surface area contributed by atoms with Crippen molar-refractivity contribution in [2.75, 3.05) is 24.6 Å². The number of benzene rings is 3. The summed E-state index contributed by atoms with van der Waals surface area (Å²) in [6, 6.07) is 17.5. The predicted molar refractivity (Wildman–Crippen MR) is 166 cm³/mol. The highest BCUT2D eigenvalue weighted by atomic mass is 19.1. The molecule has 0 amide bonds. The molecule has 43 heavy (non-hydrogen) atoms. The van der Waals surface area contributed by atoms with Crippen LogP contribution in [0.5, 0.6) is 17.2 Å². The van der Waals surface area contributed by atoms with Crippen LogP contribution < -0.4 is 20.9 Å². The number of anilines is 2. The van der Waals surface area contributed by atoms with E-state index in [0.29, 0.717) is 34.6 Å². The third kappa shape index (κ3) is 5.65. The number of ketones is 1. The van der Waals surface area contributed by atoms with E-state index in [1.807, 2.05) is 19.1 Å². The highest BCUT2D eigenvalue weighted by Crippen LogP contribution is 2.33. The van der Waals surface area contributed by atoms with Gasteiger partial charge in [-0.2, -0.15) is 5.10 Å². The van der Waals surface area contributed by atoms with Gasteiger partial charge in [0.15, 0.2) is 11.6 Å². The zero-order valence-corrected chi connectivity index (χ0v) is 24.4. The van der Waals surface area contributed by atoms with E-state index in [2.05, 4.69) is 28.8 Å². The van der Waals surface area contributed by atoms with E-state index in [9.17, 15) is 9.18 Å². The molecule has 2 aromatic heterocycles. The number of aromatic nitrogens is 3. The van der Waals surface area contributed by atoms with Crippen LogP contribution in [0.15, 0.2) is 66.9 Å². The van der Waals surface area contributed by atoms with Crippen LogP contribution in [0.4, 0.5) is 15.9 Å². The van der Waals surface area contributed by atoms with E-state index in [-0.39, 0.29) is 29.0 Å². The van der Waals surface area contributed by atoms with Crippen molar-refractivity contribution < 1.29 is 18.7 Å². The number of hydrogen-bond acceptors (Lipinski definition) is 7. The van der Waals surface area contributed by atoms with Gasteiger partial charge in [0.1, 0.15) is 23.4 Å². The fourth-order valence-electron chi connectivity index (χ4n) is 5.50. The average Bonchev–Trinajstić information content (AvgIpc) is 3.58. The van der Waals surface area contributed by atoms with Crippen molar-refractivity contribution in [1.29, 1.82) is 0 Å². The number of carbonyl (C=O) groups is 1. The van der Waals surface area contributed by atoms with Crippen molar-refractivity contribution in [2.24, 2.45) is 0 Å². The number of halogens is 1. The smallest absolute Gasteiger partial charge is 0.214 e. The number of rotatable bonds is 8. The molecule has 1 fully saturated rings. The maximum absolute atomic E-state index is 14.1. The van der Waals surface area contributed by atoms with Gasteiger partial charge in [-0.1, -0.05) is 12.1 Å². The lowest BCUT2D eigenvalue weighted by molar-refractivity contribution is 0.0849. The number of aryl methyl sites for hydroxylation is 1. The molecule has 6 rings (SSSR count). The topological polar surface area (TPSA) is 124 Å². The zero-order valence-electron chi connectivity index (χ0n) is 24.4. The van der Waals surface area contributed by atoms with Gasteiger partial charge in [-0.3, -0.25) is 4.79 Å². The lowest BCUT2D eigenvalue weighted by atomic mass is 10.1. The molecule has 0 radical (unpaired) electrons. The minimum Gasteiger partial charge on any atom is -0.488 e. The van der Waals surface area contributed by atoms with E-state index in [1.54, 1.807) is 42.5 Å². The first kappa shape index (κ1) is 28.3. The maximum atomic E-state index is 14.1. The fraction of sp³-hybridized carbons (Fsp3) is 0.273. The number of piperidine rings is 1. The van der Waals surface area contributed by atoms with Crippen molar-refractivity contribution in [1.82, 2.24) is 19.7 Å². The monoisotopic (exact) mass is 582 g/mol. The Morgan fingerprint density at radius 1 is 1.02 bits per heavy atom. The number of ether oxygens (including phenoxy) is 2. The normalized spacial score (nSPS) is 14.4. The van der Waals surface area contributed by atoms with Gasteiger partial charge in [0.05, 0.1) is 28.8 Å². The summed E-state index contributed by atoms with van der Waals surface area (Å²) in [6.45, 7) is 8.25. The van der Waals surface area contributed by atoms with Crippen LogP contribution in [0.3, 0.4) is 0 Å². The third-order valence-electron chi connectivity index (χ3n) is 8.01. The van der Waals surface area contributed by atoms with E-state index in [1.165, 1.54) is 16.9 Å². The molecular weight excluding hydrogens is 547 g/mol. The molecule has 5 N–H and O–H groups in total. The van der Waals surface area contributed by atoms with Crippen LogP contribution in [-0.2, 0) is 0 Å². The Balaban J connectivity index is 1.20. The number of aromatic amines is 1. The van der Waals surface area contributed by atoms with E-state index >= 15 is 0 Å². The molecule has 1 aliphatic rings. The molecular formula is C33H35FN6O3. The number of fused-ring (bicyclic) bond motifs is 1. The Kier molecular flexibility index (Phi) is 7.53. The van der Waals surface area contributed by atoms with Crippen molar-refractivity contribution in [3.05, 3.63) is 89.5 Å². The summed E-state index contributed by atoms with van der Waals surface area (Å²) in [5.74, 6) is 0.712. The zero-order chi connectivity index (χ0) is 30.2. The standard InChI is InChI=1S/C33H35FN6O3/c1-19(2)39-12-10-23(11-13-39)42-31-16-21-15-28(38-27(21)17-26(31)35)32(41)24-18-37-40(33(24)36)22-8-9-29(20(3)14-22)43-30-7-5-4-6-25(30)34/h4-9,14-19,23,38H,10-13,35-36H2,1-3H3. The Bertz CT molecular complexity index is 1800. The van der Waals surface area contributed by atoms with Crippen molar-refractivity contribution in [2.45, 2.75) is 45.8 Å². The number of likely N-dealkylation sites (tertiary alicyclic amines) is 1. The first-order chi connectivity index (χ1) is 20.7. The van der Waals surface area contributed by atoms with Crippen molar-refractivity contribution >= 4 is 28.2 Å². The number of nitrogens with two attached hydrogens (primary N) is 2. The highest BCUT2D eigenvalue weighted by Gasteiger charge is 2.24. The molecule has 3 aromatic carbocycles. The van der Waals surface area contributed by atoms with E-state index in [0.717, 1.165) is 42.4 Å². The molecule has 5 aromatic rings. The molecule has 222 valence electrons. The quantitative estimate of drug-likeness (QED) is 0.146. The van der Waals surface area contributed by atoms with Gasteiger partial charge in [0.2, 0.25) is 5.78 Å². The van der Waals surface area contributed by atoms with Gasteiger partial charge >= 0.3 is 0 Å². The summed E-state index contributed by atoms with van der Waals surface area (Å²) in [6.07, 6.45) is 3.44. The first-order valence-electron chi connectivity index (χ1n) is 14.4. The summed E-state index contributed by atoms with van der Waals surface area (Å²) in [5, 5.41) is 5.20. The molecule has 10 heteroatoms. The first-order valence-corrected chi connectivity index (χ1v) is 14.4. The van der Waals surface area contributed by atoms with Gasteiger partial charge in [-0.05, 0) is 87.7 Å². The molecule has 1 aliphatic heterocycles. The van der Waals surface area contributed by atoms with Gasteiger partial charge in [-0.25, -0.2) is 9.07 Å². The molecule has 0 unspecified atom stereocenters. The summed E-state index contributed by atoms with van der Waals surface area (Å²) < 4.78 is 27.6. The summed E-state index contributed by atoms with van der Waals surface area (Å²) in [7, 11) is 0. The van der Waals surface area contributed by atoms with Crippen LogP contribution >= 0.6 is 0 Å². The maximum Gasteiger partial charge on any atom is 0.214 e. The number of H-pyrrole nitrogens is 1. The number of carbonyl (C=O) groups excluding carboxylic acids is 1. The van der Waals surface area contributed by atoms with Crippen LogP contribution in [0.25, 0.3) is 16.6 Å². The van der Waals surface area contributed by atoms with Gasteiger partial charge in [-0.15, -0.1) is 0 Å². The van der Waals surface area contributed by atoms with Gasteiger partial charge in [0.25, 0.3) is 0 Å². The number of nitrogens with zero attached hydrogens (tertiary/aromatic N) is 3. The van der Waals surface area contributed by atoms with E-state index < -0.39 is 5.82 Å². The largest absolute Gasteiger partial charge is 0.488 e. The fourth-order valence-corrected chi connectivity index (χ4v) is 5.50. The second kappa shape index (κ2) is 11.4. The van der Waals surface area contributed by atoms with Crippen LogP contribution in [0, 0.1) is 12.7 Å². The average molecular weight is 583 g/mol. The van der Waals surface area contributed by atoms with Crippen LogP contribution in [0.1, 0.15) is 48.3 Å². The Morgan fingerprint density at radius 3 is 2.51 bits per heavy atom. The second-order valence-electron chi connectivity index (χ2n) is 11.3. The molecule has 0 saturated carbocycles. The van der Waals surface area contributed by atoms with Gasteiger partial charge < -0.3 is 30.8 Å². The Labute approximate surface area is 249 Å². The Hall–Kier alpha value is -4.83. The van der Waals surface area contributed by atoms with Crippen LogP contribution in [-0.4, -0.2) is 50.7 Å². The highest BCUT2D eigenvalue weighted by molar-refractivity contribution is 6.12. The van der Waals surface area contributed by atoms with Crippen LogP contribution in [0.2, 0.25) is 0 Å². The summed E-state index contributed by atoms with van der Waals surface area (Å²) in [4.78, 5) is 19.1. The SMILES string of the molecule is Cc1cc(-n2ncc(C(=O)c3cc4cc(OC5CCN(C(C)C)CC5)c(N)cc4[nH]3)c2N)ccc1Oc1ccccc1F. The second-order valence-corrected chi connectivity index (χ2v) is 11.3. The third-order valence-corrected chi connectivity index (χ3v) is 8.01. The number of para-hydroxylation sites is 1. The predicted octanol–water partition coefficient (Wildman–Crippen LogP) is 6.24. The van der Waals surface area contributed by atoms with E-state index in [4.69, 9.17) is 20.9 Å². The number of nitrogens with one attached hydrogen (secondary N) is 1. The minimum atomic E-state index is -0.448. The number of hydrogen-bond donors (Lipinski definition) is 3.